The van der Waals surface area contributed by atoms with Crippen LogP contribution in [0.25, 0.3) is 0 Å². The zero-order valence-corrected chi connectivity index (χ0v) is 11.8. The van der Waals surface area contributed by atoms with Crippen LogP contribution in [0.2, 0.25) is 0 Å². The molecular formula is C14H18N2OS. The number of para-hydroxylation sites is 1. The average molecular weight is 262 g/mol. The molecule has 2 N–H and O–H groups in total. The van der Waals surface area contributed by atoms with E-state index >= 15 is 0 Å². The molecule has 0 aliphatic rings. The maximum absolute atomic E-state index is 5.92. The molecule has 1 atom stereocenters. The summed E-state index contributed by atoms with van der Waals surface area (Å²) in [6.45, 7) is 6.56. The van der Waals surface area contributed by atoms with Gasteiger partial charge in [-0.2, -0.15) is 0 Å². The third kappa shape index (κ3) is 2.89. The van der Waals surface area contributed by atoms with E-state index in [2.05, 4.69) is 11.9 Å². The van der Waals surface area contributed by atoms with E-state index in [9.17, 15) is 0 Å². The lowest BCUT2D eigenvalue weighted by Crippen LogP contribution is -2.07. The first-order valence-corrected chi connectivity index (χ1v) is 6.80. The fraction of sp³-hybridized carbons (Fsp3) is 0.357. The van der Waals surface area contributed by atoms with Crippen LogP contribution in [0.15, 0.2) is 24.3 Å². The van der Waals surface area contributed by atoms with E-state index in [1.165, 1.54) is 4.88 Å². The van der Waals surface area contributed by atoms with Crippen LogP contribution in [0, 0.1) is 13.8 Å². The second-order valence-corrected chi connectivity index (χ2v) is 5.65. The first-order chi connectivity index (χ1) is 8.58. The molecule has 18 heavy (non-hydrogen) atoms. The molecule has 0 radical (unpaired) electrons. The quantitative estimate of drug-likeness (QED) is 0.919. The number of benzene rings is 1. The molecule has 2 rings (SSSR count). The molecule has 0 amide bonds. The topological polar surface area (TPSA) is 48.1 Å². The zero-order chi connectivity index (χ0) is 13.1. The number of thiazole rings is 1. The maximum Gasteiger partial charge on any atom is 0.140 e. The van der Waals surface area contributed by atoms with Gasteiger partial charge < -0.3 is 10.5 Å². The highest BCUT2D eigenvalue weighted by Crippen LogP contribution is 2.25. The molecule has 1 aromatic heterocycles. The lowest BCUT2D eigenvalue weighted by atomic mass is 10.1. The van der Waals surface area contributed by atoms with Gasteiger partial charge in [0.2, 0.25) is 0 Å². The van der Waals surface area contributed by atoms with E-state index in [1.807, 2.05) is 38.1 Å². The van der Waals surface area contributed by atoms with Gasteiger partial charge in [-0.25, -0.2) is 4.98 Å². The van der Waals surface area contributed by atoms with Crippen molar-refractivity contribution in [1.82, 2.24) is 4.98 Å². The van der Waals surface area contributed by atoms with E-state index in [4.69, 9.17) is 10.5 Å². The SMILES string of the molecule is Cc1nc(COc2ccccc2[C@@H](C)N)sc1C. The molecule has 0 bridgehead atoms. The maximum atomic E-state index is 5.92. The Morgan fingerprint density at radius 3 is 2.67 bits per heavy atom. The molecule has 1 aromatic carbocycles. The highest BCUT2D eigenvalue weighted by Gasteiger charge is 2.09. The van der Waals surface area contributed by atoms with Crippen molar-refractivity contribution in [3.63, 3.8) is 0 Å². The Balaban J connectivity index is 2.10. The van der Waals surface area contributed by atoms with E-state index in [0.717, 1.165) is 22.0 Å². The van der Waals surface area contributed by atoms with Crippen LogP contribution in [-0.2, 0) is 6.61 Å². The van der Waals surface area contributed by atoms with Crippen LogP contribution in [0.5, 0.6) is 5.75 Å². The fourth-order valence-electron chi connectivity index (χ4n) is 1.73. The standard InChI is InChI=1S/C14H18N2OS/c1-9(15)12-6-4-5-7-13(12)17-8-14-16-10(2)11(3)18-14/h4-7,9H,8,15H2,1-3H3/t9-/m1/s1. The Bertz CT molecular complexity index is 515. The number of hydrogen-bond donors (Lipinski definition) is 1. The number of ether oxygens (including phenoxy) is 1. The summed E-state index contributed by atoms with van der Waals surface area (Å²) in [5.74, 6) is 0.845. The second kappa shape index (κ2) is 5.50. The van der Waals surface area contributed by atoms with E-state index in [0.29, 0.717) is 6.61 Å². The van der Waals surface area contributed by atoms with Gasteiger partial charge in [0.15, 0.2) is 0 Å². The summed E-state index contributed by atoms with van der Waals surface area (Å²) in [5, 5.41) is 1.00. The normalized spacial score (nSPS) is 12.4. The highest BCUT2D eigenvalue weighted by atomic mass is 32.1. The van der Waals surface area contributed by atoms with Crippen molar-refractivity contribution in [3.05, 3.63) is 45.4 Å². The monoisotopic (exact) mass is 262 g/mol. The summed E-state index contributed by atoms with van der Waals surface area (Å²) < 4.78 is 5.82. The predicted octanol–water partition coefficient (Wildman–Crippen LogP) is 3.36. The number of aromatic nitrogens is 1. The molecular weight excluding hydrogens is 244 g/mol. The van der Waals surface area contributed by atoms with Gasteiger partial charge in [-0.3, -0.25) is 0 Å². The van der Waals surface area contributed by atoms with Crippen molar-refractivity contribution in [2.45, 2.75) is 33.4 Å². The lowest BCUT2D eigenvalue weighted by molar-refractivity contribution is 0.300. The summed E-state index contributed by atoms with van der Waals surface area (Å²) in [6.07, 6.45) is 0. The molecule has 2 aromatic rings. The third-order valence-corrected chi connectivity index (χ3v) is 3.88. The predicted molar refractivity (Wildman–Crippen MR) is 75.0 cm³/mol. The van der Waals surface area contributed by atoms with Crippen molar-refractivity contribution >= 4 is 11.3 Å². The van der Waals surface area contributed by atoms with Crippen LogP contribution < -0.4 is 10.5 Å². The Labute approximate surface area is 112 Å². The highest BCUT2D eigenvalue weighted by molar-refractivity contribution is 7.11. The van der Waals surface area contributed by atoms with Gasteiger partial charge in [0, 0.05) is 16.5 Å². The molecule has 0 spiro atoms. The number of nitrogens with two attached hydrogens (primary N) is 1. The summed E-state index contributed by atoms with van der Waals surface area (Å²) >= 11 is 1.68. The smallest absolute Gasteiger partial charge is 0.140 e. The van der Waals surface area contributed by atoms with Gasteiger partial charge in [0.25, 0.3) is 0 Å². The molecule has 0 aliphatic carbocycles. The van der Waals surface area contributed by atoms with Crippen LogP contribution in [0.3, 0.4) is 0 Å². The summed E-state index contributed by atoms with van der Waals surface area (Å²) in [6, 6.07) is 7.86. The Morgan fingerprint density at radius 1 is 1.33 bits per heavy atom. The van der Waals surface area contributed by atoms with Gasteiger partial charge in [-0.1, -0.05) is 18.2 Å². The minimum atomic E-state index is -0.0269. The van der Waals surface area contributed by atoms with Gasteiger partial charge in [-0.05, 0) is 26.8 Å². The number of rotatable bonds is 4. The molecule has 0 saturated heterocycles. The Hall–Kier alpha value is -1.39. The van der Waals surface area contributed by atoms with Crippen LogP contribution in [-0.4, -0.2) is 4.98 Å². The zero-order valence-electron chi connectivity index (χ0n) is 10.9. The van der Waals surface area contributed by atoms with Gasteiger partial charge in [0.1, 0.15) is 17.4 Å². The van der Waals surface area contributed by atoms with Crippen molar-refractivity contribution in [1.29, 1.82) is 0 Å². The molecule has 0 fully saturated rings. The summed E-state index contributed by atoms with van der Waals surface area (Å²) in [4.78, 5) is 5.71. The average Bonchev–Trinajstić information content (AvgIpc) is 2.66. The van der Waals surface area contributed by atoms with Crippen LogP contribution in [0.4, 0.5) is 0 Å². The Kier molecular flexibility index (Phi) is 3.99. The van der Waals surface area contributed by atoms with E-state index < -0.39 is 0 Å². The van der Waals surface area contributed by atoms with Gasteiger partial charge >= 0.3 is 0 Å². The van der Waals surface area contributed by atoms with Crippen LogP contribution in [0.1, 0.15) is 34.1 Å². The van der Waals surface area contributed by atoms with E-state index in [-0.39, 0.29) is 6.04 Å². The van der Waals surface area contributed by atoms with Crippen molar-refractivity contribution in [3.8, 4) is 5.75 Å². The van der Waals surface area contributed by atoms with Gasteiger partial charge in [-0.15, -0.1) is 11.3 Å². The van der Waals surface area contributed by atoms with Crippen molar-refractivity contribution in [2.75, 3.05) is 0 Å². The largest absolute Gasteiger partial charge is 0.486 e. The molecule has 0 aliphatic heterocycles. The molecule has 1 heterocycles. The number of hydrogen-bond acceptors (Lipinski definition) is 4. The van der Waals surface area contributed by atoms with Crippen LogP contribution >= 0.6 is 11.3 Å². The lowest BCUT2D eigenvalue weighted by Gasteiger charge is -2.12. The molecule has 3 nitrogen and oxygen atoms in total. The summed E-state index contributed by atoms with van der Waals surface area (Å²) in [7, 11) is 0. The first-order valence-electron chi connectivity index (χ1n) is 5.98. The van der Waals surface area contributed by atoms with Gasteiger partial charge in [0.05, 0.1) is 5.69 Å². The molecule has 4 heteroatoms. The third-order valence-electron chi connectivity index (χ3n) is 2.83. The minimum Gasteiger partial charge on any atom is -0.486 e. The molecule has 0 saturated carbocycles. The second-order valence-electron chi connectivity index (χ2n) is 4.36. The molecule has 96 valence electrons. The number of aryl methyl sites for hydroxylation is 2. The van der Waals surface area contributed by atoms with Crippen molar-refractivity contribution in [2.24, 2.45) is 5.73 Å². The number of nitrogens with zero attached hydrogens (tertiary/aromatic N) is 1. The fourth-order valence-corrected chi connectivity index (χ4v) is 2.58. The Morgan fingerprint density at radius 2 is 2.06 bits per heavy atom. The molecule has 0 unspecified atom stereocenters. The minimum absolute atomic E-state index is 0.0269. The first kappa shape index (κ1) is 13.1. The van der Waals surface area contributed by atoms with Crippen molar-refractivity contribution < 1.29 is 4.74 Å². The van der Waals surface area contributed by atoms with E-state index in [1.54, 1.807) is 11.3 Å². The summed E-state index contributed by atoms with van der Waals surface area (Å²) in [5.41, 5.74) is 8.03.